The van der Waals surface area contributed by atoms with Gasteiger partial charge in [0.05, 0.1) is 12.1 Å². The van der Waals surface area contributed by atoms with Crippen LogP contribution in [-0.2, 0) is 0 Å². The third-order valence-corrected chi connectivity index (χ3v) is 4.46. The molecule has 4 N–H and O–H groups in total. The Bertz CT molecular complexity index is 903. The summed E-state index contributed by atoms with van der Waals surface area (Å²) in [6.45, 7) is 5.99. The molecule has 0 saturated carbocycles. The smallest absolute Gasteiger partial charge is 0.324 e. The maximum atomic E-state index is 12.5. The number of nitrogens with two attached hydrogens (primary N) is 1. The van der Waals surface area contributed by atoms with Gasteiger partial charge in [0.25, 0.3) is 5.91 Å². The zero-order chi connectivity index (χ0) is 19.1. The number of carbonyl (C=O) groups is 2. The van der Waals surface area contributed by atoms with E-state index in [1.807, 2.05) is 13.8 Å². The monoisotopic (exact) mass is 410 g/mol. The van der Waals surface area contributed by atoms with E-state index in [0.717, 1.165) is 5.56 Å². The molecule has 1 aliphatic rings. The minimum Gasteiger partial charge on any atom is -0.383 e. The zero-order valence-corrected chi connectivity index (χ0v) is 16.6. The predicted molar refractivity (Wildman–Crippen MR) is 108 cm³/mol. The second-order valence-corrected chi connectivity index (χ2v) is 7.14. The molecule has 2 aromatic rings. The van der Waals surface area contributed by atoms with Crippen molar-refractivity contribution in [1.82, 2.24) is 15.3 Å². The molecule has 0 unspecified atom stereocenters. The van der Waals surface area contributed by atoms with Crippen molar-refractivity contribution in [2.24, 2.45) is 0 Å². The summed E-state index contributed by atoms with van der Waals surface area (Å²) in [5.41, 5.74) is 6.97. The number of hydrogen-bond donors (Lipinski definition) is 3. The van der Waals surface area contributed by atoms with Gasteiger partial charge in [-0.1, -0.05) is 17.7 Å². The first-order chi connectivity index (χ1) is 12.2. The molecule has 1 aromatic heterocycles. The molecule has 1 fully saturated rings. The van der Waals surface area contributed by atoms with Crippen LogP contribution in [0.4, 0.5) is 22.2 Å². The summed E-state index contributed by atoms with van der Waals surface area (Å²) in [5.74, 6) is -0.309. The Kier molecular flexibility index (Phi) is 5.82. The molecule has 144 valence electrons. The van der Waals surface area contributed by atoms with Crippen LogP contribution >= 0.6 is 24.0 Å². The molecule has 2 heterocycles. The number of carbonyl (C=O) groups excluding carboxylic acids is 2. The summed E-state index contributed by atoms with van der Waals surface area (Å²) in [5, 5.41) is 6.11. The average molecular weight is 411 g/mol. The summed E-state index contributed by atoms with van der Waals surface area (Å²) in [7, 11) is 0. The zero-order valence-electron chi connectivity index (χ0n) is 15.0. The second kappa shape index (κ2) is 7.58. The van der Waals surface area contributed by atoms with Gasteiger partial charge in [0, 0.05) is 16.9 Å². The van der Waals surface area contributed by atoms with E-state index in [2.05, 4.69) is 20.6 Å². The molecule has 8 nitrogen and oxygen atoms in total. The molecule has 3 rings (SSSR count). The number of aromatic nitrogens is 2. The van der Waals surface area contributed by atoms with E-state index in [4.69, 9.17) is 17.3 Å². The van der Waals surface area contributed by atoms with Gasteiger partial charge in [0.15, 0.2) is 0 Å². The highest BCUT2D eigenvalue weighted by Crippen LogP contribution is 2.25. The van der Waals surface area contributed by atoms with Crippen LogP contribution in [0.15, 0.2) is 24.4 Å². The molecular weight excluding hydrogens is 391 g/mol. The number of rotatable bonds is 3. The maximum absolute atomic E-state index is 12.5. The normalized spacial score (nSPS) is 15.1. The predicted octanol–water partition coefficient (Wildman–Crippen LogP) is 3.00. The van der Waals surface area contributed by atoms with E-state index in [-0.39, 0.29) is 35.8 Å². The number of nitrogen functional groups attached to an aromatic ring is 1. The van der Waals surface area contributed by atoms with Crippen LogP contribution in [-0.4, -0.2) is 34.0 Å². The molecule has 0 spiro atoms. The maximum Gasteiger partial charge on any atom is 0.324 e. The van der Waals surface area contributed by atoms with Crippen molar-refractivity contribution in [3.63, 3.8) is 0 Å². The highest BCUT2D eigenvalue weighted by Gasteiger charge is 2.37. The first kappa shape index (κ1) is 20.7. The van der Waals surface area contributed by atoms with Crippen molar-refractivity contribution < 1.29 is 9.59 Å². The lowest BCUT2D eigenvalue weighted by Gasteiger charge is -2.17. The molecule has 10 heteroatoms. The molecule has 27 heavy (non-hydrogen) atoms. The largest absolute Gasteiger partial charge is 0.383 e. The number of urea groups is 1. The Morgan fingerprint density at radius 1 is 1.41 bits per heavy atom. The quantitative estimate of drug-likeness (QED) is 0.719. The van der Waals surface area contributed by atoms with E-state index < -0.39 is 11.4 Å². The summed E-state index contributed by atoms with van der Waals surface area (Å²) in [6, 6.07) is 4.91. The first-order valence-electron chi connectivity index (χ1n) is 7.96. The SMILES string of the molecule is Cc1c(Cl)cccc1NC(=O)c1cnc(N2CC(C)(C)NC2=O)nc1N.Cl. The van der Waals surface area contributed by atoms with Crippen LogP contribution < -0.4 is 21.3 Å². The molecule has 1 aliphatic heterocycles. The Morgan fingerprint density at radius 3 is 2.70 bits per heavy atom. The van der Waals surface area contributed by atoms with Crippen LogP contribution in [0.3, 0.4) is 0 Å². The van der Waals surface area contributed by atoms with E-state index in [1.54, 1.807) is 25.1 Å². The Balaban J connectivity index is 0.00000261. The van der Waals surface area contributed by atoms with Gasteiger partial charge in [-0.05, 0) is 38.5 Å². The van der Waals surface area contributed by atoms with Crippen molar-refractivity contribution >= 4 is 53.4 Å². The van der Waals surface area contributed by atoms with Crippen molar-refractivity contribution in [3.05, 3.63) is 40.5 Å². The summed E-state index contributed by atoms with van der Waals surface area (Å²) in [6.07, 6.45) is 1.31. The van der Waals surface area contributed by atoms with Crippen LogP contribution in [0.25, 0.3) is 0 Å². The van der Waals surface area contributed by atoms with Gasteiger partial charge in [-0.25, -0.2) is 9.78 Å². The molecule has 0 atom stereocenters. The van der Waals surface area contributed by atoms with Gasteiger partial charge in [-0.15, -0.1) is 12.4 Å². The second-order valence-electron chi connectivity index (χ2n) is 6.74. The fraction of sp³-hybridized carbons (Fsp3) is 0.294. The standard InChI is InChI=1S/C17H19ClN6O2.ClH/c1-9-11(18)5-4-6-12(9)21-14(25)10-7-20-15(22-13(10)19)24-8-17(2,3)23-16(24)26;/h4-7H,8H2,1-3H3,(H,21,25)(H,23,26)(H2,19,20,22);1H. The molecule has 0 radical (unpaired) electrons. The van der Waals surface area contributed by atoms with Gasteiger partial charge in [0.2, 0.25) is 5.95 Å². The lowest BCUT2D eigenvalue weighted by atomic mass is 10.1. The fourth-order valence-electron chi connectivity index (χ4n) is 2.65. The van der Waals surface area contributed by atoms with Crippen LogP contribution in [0, 0.1) is 6.92 Å². The number of nitrogens with one attached hydrogen (secondary N) is 2. The Morgan fingerprint density at radius 2 is 2.11 bits per heavy atom. The number of halogens is 2. The highest BCUT2D eigenvalue weighted by atomic mass is 35.5. The van der Waals surface area contributed by atoms with E-state index >= 15 is 0 Å². The van der Waals surface area contributed by atoms with Gasteiger partial charge in [-0.3, -0.25) is 9.69 Å². The lowest BCUT2D eigenvalue weighted by molar-refractivity contribution is 0.102. The van der Waals surface area contributed by atoms with E-state index in [9.17, 15) is 9.59 Å². The third kappa shape index (κ3) is 4.23. The number of nitrogens with zero attached hydrogens (tertiary/aromatic N) is 3. The van der Waals surface area contributed by atoms with Gasteiger partial charge < -0.3 is 16.4 Å². The van der Waals surface area contributed by atoms with Crippen LogP contribution in [0.5, 0.6) is 0 Å². The Hall–Kier alpha value is -2.58. The summed E-state index contributed by atoms with van der Waals surface area (Å²) < 4.78 is 0. The van der Waals surface area contributed by atoms with E-state index in [0.29, 0.717) is 17.3 Å². The molecule has 0 aliphatic carbocycles. The van der Waals surface area contributed by atoms with Gasteiger partial charge >= 0.3 is 6.03 Å². The van der Waals surface area contributed by atoms with Crippen molar-refractivity contribution in [3.8, 4) is 0 Å². The number of anilines is 3. The first-order valence-corrected chi connectivity index (χ1v) is 8.34. The minimum absolute atomic E-state index is 0. The van der Waals surface area contributed by atoms with Gasteiger partial charge in [0.1, 0.15) is 11.4 Å². The van der Waals surface area contributed by atoms with Crippen molar-refractivity contribution in [2.45, 2.75) is 26.3 Å². The average Bonchev–Trinajstić information content (AvgIpc) is 2.84. The molecule has 1 saturated heterocycles. The number of benzene rings is 1. The van der Waals surface area contributed by atoms with Gasteiger partial charge in [-0.2, -0.15) is 4.98 Å². The topological polar surface area (TPSA) is 113 Å². The lowest BCUT2D eigenvalue weighted by Crippen LogP contribution is -2.36. The summed E-state index contributed by atoms with van der Waals surface area (Å²) >= 11 is 6.06. The molecule has 0 bridgehead atoms. The number of amides is 3. The number of hydrogen-bond acceptors (Lipinski definition) is 5. The van der Waals surface area contributed by atoms with Crippen LogP contribution in [0.2, 0.25) is 5.02 Å². The Labute approximate surface area is 167 Å². The summed E-state index contributed by atoms with van der Waals surface area (Å²) in [4.78, 5) is 34.2. The van der Waals surface area contributed by atoms with Crippen molar-refractivity contribution in [1.29, 1.82) is 0 Å². The van der Waals surface area contributed by atoms with Crippen LogP contribution in [0.1, 0.15) is 29.8 Å². The highest BCUT2D eigenvalue weighted by molar-refractivity contribution is 6.31. The molecule has 3 amide bonds. The fourth-order valence-corrected chi connectivity index (χ4v) is 2.82. The van der Waals surface area contributed by atoms with Crippen molar-refractivity contribution in [2.75, 3.05) is 22.5 Å². The van der Waals surface area contributed by atoms with E-state index in [1.165, 1.54) is 11.1 Å². The molecular formula is C17H20Cl2N6O2. The minimum atomic E-state index is -0.453. The third-order valence-electron chi connectivity index (χ3n) is 4.05. The molecule has 1 aromatic carbocycles.